The number of hydrogen-bond donors (Lipinski definition) is 1. The Labute approximate surface area is 187 Å². The Hall–Kier alpha value is -0.870. The Kier molecular flexibility index (Phi) is 10.2. The summed E-state index contributed by atoms with van der Waals surface area (Å²) in [6.45, 7) is 9.75. The SMILES string of the molecule is CCNC(=NCc1ccccc1S(=O)(=O)N(C)C)N1CCC(CC(C)C)C1.I. The van der Waals surface area contributed by atoms with E-state index in [9.17, 15) is 8.42 Å². The van der Waals surface area contributed by atoms with Crippen molar-refractivity contribution in [3.05, 3.63) is 29.8 Å². The van der Waals surface area contributed by atoms with Crippen LogP contribution in [0.25, 0.3) is 0 Å². The van der Waals surface area contributed by atoms with Crippen LogP contribution in [0.4, 0.5) is 0 Å². The first-order valence-electron chi connectivity index (χ1n) is 9.79. The Bertz CT molecular complexity index is 750. The van der Waals surface area contributed by atoms with E-state index in [0.29, 0.717) is 23.3 Å². The molecule has 0 aliphatic carbocycles. The van der Waals surface area contributed by atoms with Gasteiger partial charge >= 0.3 is 0 Å². The summed E-state index contributed by atoms with van der Waals surface area (Å²) in [5.74, 6) is 2.29. The highest BCUT2D eigenvalue weighted by Crippen LogP contribution is 2.24. The number of rotatable bonds is 7. The molecule has 1 N–H and O–H groups in total. The third-order valence-corrected chi connectivity index (χ3v) is 6.77. The van der Waals surface area contributed by atoms with Gasteiger partial charge in [0.15, 0.2) is 5.96 Å². The van der Waals surface area contributed by atoms with Crippen molar-refractivity contribution in [3.63, 3.8) is 0 Å². The van der Waals surface area contributed by atoms with Crippen LogP contribution in [0.2, 0.25) is 0 Å². The molecule has 1 heterocycles. The van der Waals surface area contributed by atoms with Crippen LogP contribution in [-0.4, -0.2) is 57.3 Å². The number of nitrogens with zero attached hydrogens (tertiary/aromatic N) is 3. The molecule has 0 aromatic heterocycles. The van der Waals surface area contributed by atoms with Crippen LogP contribution >= 0.6 is 24.0 Å². The highest BCUT2D eigenvalue weighted by atomic mass is 127. The van der Waals surface area contributed by atoms with Crippen LogP contribution in [0.15, 0.2) is 34.2 Å². The molecule has 0 saturated carbocycles. The summed E-state index contributed by atoms with van der Waals surface area (Å²) in [4.78, 5) is 7.39. The van der Waals surface area contributed by atoms with Crippen LogP contribution in [-0.2, 0) is 16.6 Å². The maximum atomic E-state index is 12.6. The van der Waals surface area contributed by atoms with E-state index >= 15 is 0 Å². The smallest absolute Gasteiger partial charge is 0.242 e. The number of guanidine groups is 1. The van der Waals surface area contributed by atoms with E-state index in [4.69, 9.17) is 4.99 Å². The molecule has 0 radical (unpaired) electrons. The molecule has 1 aromatic carbocycles. The second-order valence-corrected chi connectivity index (χ2v) is 9.92. The summed E-state index contributed by atoms with van der Waals surface area (Å²) in [6, 6.07) is 7.11. The van der Waals surface area contributed by atoms with Crippen molar-refractivity contribution in [1.82, 2.24) is 14.5 Å². The van der Waals surface area contributed by atoms with Crippen molar-refractivity contribution in [2.24, 2.45) is 16.8 Å². The Morgan fingerprint density at radius 2 is 2.00 bits per heavy atom. The minimum atomic E-state index is -3.48. The van der Waals surface area contributed by atoms with E-state index < -0.39 is 10.0 Å². The molecule has 2 rings (SSSR count). The van der Waals surface area contributed by atoms with E-state index in [1.165, 1.54) is 17.1 Å². The lowest BCUT2D eigenvalue weighted by Gasteiger charge is -2.22. The molecule has 160 valence electrons. The lowest BCUT2D eigenvalue weighted by atomic mass is 9.97. The minimum absolute atomic E-state index is 0. The molecule has 0 bridgehead atoms. The molecule has 1 aliphatic rings. The standard InChI is InChI=1S/C20H34N4O2S.HI/c1-6-21-20(24-12-11-17(15-24)13-16(2)3)22-14-18-9-7-8-10-19(18)27(25,26)23(4)5;/h7-10,16-17H,6,11-15H2,1-5H3,(H,21,22);1H. The maximum Gasteiger partial charge on any atom is 0.242 e. The van der Waals surface area contributed by atoms with Gasteiger partial charge in [-0.3, -0.25) is 0 Å². The number of halogens is 1. The molecule has 0 amide bonds. The zero-order chi connectivity index (χ0) is 20.0. The number of nitrogens with one attached hydrogen (secondary N) is 1. The molecule has 0 spiro atoms. The van der Waals surface area contributed by atoms with E-state index in [2.05, 4.69) is 31.0 Å². The van der Waals surface area contributed by atoms with Gasteiger partial charge in [-0.2, -0.15) is 0 Å². The molecule has 1 aliphatic heterocycles. The third-order valence-electron chi connectivity index (χ3n) is 4.86. The Morgan fingerprint density at radius 3 is 2.61 bits per heavy atom. The molecular weight excluding hydrogens is 487 g/mol. The van der Waals surface area contributed by atoms with E-state index in [0.717, 1.165) is 31.2 Å². The molecule has 6 nitrogen and oxygen atoms in total. The van der Waals surface area contributed by atoms with E-state index in [-0.39, 0.29) is 24.0 Å². The van der Waals surface area contributed by atoms with Crippen LogP contribution < -0.4 is 5.32 Å². The van der Waals surface area contributed by atoms with Gasteiger partial charge in [-0.15, -0.1) is 24.0 Å². The van der Waals surface area contributed by atoms with Gasteiger partial charge in [0.2, 0.25) is 10.0 Å². The normalized spacial score (nSPS) is 17.9. The lowest BCUT2D eigenvalue weighted by molar-refractivity contribution is 0.403. The molecule has 8 heteroatoms. The second-order valence-electron chi connectivity index (χ2n) is 7.80. The van der Waals surface area contributed by atoms with Gasteiger partial charge in [-0.25, -0.2) is 17.7 Å². The molecule has 28 heavy (non-hydrogen) atoms. The summed E-state index contributed by atoms with van der Waals surface area (Å²) >= 11 is 0. The monoisotopic (exact) mass is 522 g/mol. The van der Waals surface area contributed by atoms with Crippen LogP contribution in [0, 0.1) is 11.8 Å². The van der Waals surface area contributed by atoms with Crippen molar-refractivity contribution in [1.29, 1.82) is 0 Å². The van der Waals surface area contributed by atoms with Crippen molar-refractivity contribution in [3.8, 4) is 0 Å². The van der Waals surface area contributed by atoms with E-state index in [1.807, 2.05) is 12.1 Å². The summed E-state index contributed by atoms with van der Waals surface area (Å²) in [5, 5.41) is 3.37. The van der Waals surface area contributed by atoms with Crippen molar-refractivity contribution in [2.75, 3.05) is 33.7 Å². The van der Waals surface area contributed by atoms with Gasteiger partial charge in [0, 0.05) is 33.7 Å². The fourth-order valence-corrected chi connectivity index (χ4v) is 4.66. The largest absolute Gasteiger partial charge is 0.357 e. The minimum Gasteiger partial charge on any atom is -0.357 e. The first kappa shape index (κ1) is 25.2. The summed E-state index contributed by atoms with van der Waals surface area (Å²) in [5.41, 5.74) is 0.722. The fraction of sp³-hybridized carbons (Fsp3) is 0.650. The highest BCUT2D eigenvalue weighted by Gasteiger charge is 2.26. The quantitative estimate of drug-likeness (QED) is 0.339. The number of sulfonamides is 1. The number of hydrogen-bond acceptors (Lipinski definition) is 3. The first-order valence-corrected chi connectivity index (χ1v) is 11.2. The summed E-state index contributed by atoms with van der Waals surface area (Å²) < 4.78 is 26.4. The van der Waals surface area contributed by atoms with Gasteiger partial charge in [0.25, 0.3) is 0 Å². The van der Waals surface area contributed by atoms with Gasteiger partial charge in [0.05, 0.1) is 11.4 Å². The topological polar surface area (TPSA) is 65.0 Å². The molecular formula is C20H35IN4O2S. The average molecular weight is 522 g/mol. The molecule has 1 unspecified atom stereocenters. The molecule has 1 aromatic rings. The second kappa shape index (κ2) is 11.3. The van der Waals surface area contributed by atoms with Gasteiger partial charge in [-0.1, -0.05) is 32.0 Å². The Morgan fingerprint density at radius 1 is 1.32 bits per heavy atom. The maximum absolute atomic E-state index is 12.6. The summed E-state index contributed by atoms with van der Waals surface area (Å²) in [6.07, 6.45) is 2.42. The first-order chi connectivity index (χ1) is 12.8. The number of benzene rings is 1. The number of likely N-dealkylation sites (tertiary alicyclic amines) is 1. The van der Waals surface area contributed by atoms with Crippen molar-refractivity contribution >= 4 is 40.0 Å². The van der Waals surface area contributed by atoms with Crippen molar-refractivity contribution in [2.45, 2.75) is 45.1 Å². The molecule has 1 saturated heterocycles. The zero-order valence-electron chi connectivity index (χ0n) is 17.7. The Balaban J connectivity index is 0.00000392. The van der Waals surface area contributed by atoms with Gasteiger partial charge in [0.1, 0.15) is 0 Å². The predicted octanol–water partition coefficient (Wildman–Crippen LogP) is 3.39. The van der Waals surface area contributed by atoms with Gasteiger partial charge < -0.3 is 10.2 Å². The summed E-state index contributed by atoms with van der Waals surface area (Å²) in [7, 11) is -0.371. The van der Waals surface area contributed by atoms with Gasteiger partial charge in [-0.05, 0) is 43.2 Å². The third kappa shape index (κ3) is 6.59. The van der Waals surface area contributed by atoms with Crippen molar-refractivity contribution < 1.29 is 8.42 Å². The zero-order valence-corrected chi connectivity index (χ0v) is 20.8. The van der Waals surface area contributed by atoms with Crippen LogP contribution in [0.5, 0.6) is 0 Å². The lowest BCUT2D eigenvalue weighted by Crippen LogP contribution is -2.40. The average Bonchev–Trinajstić information content (AvgIpc) is 3.06. The predicted molar refractivity (Wildman–Crippen MR) is 127 cm³/mol. The van der Waals surface area contributed by atoms with Crippen LogP contribution in [0.3, 0.4) is 0 Å². The van der Waals surface area contributed by atoms with E-state index in [1.54, 1.807) is 26.2 Å². The van der Waals surface area contributed by atoms with Crippen LogP contribution in [0.1, 0.15) is 39.2 Å². The molecule has 1 atom stereocenters. The fourth-order valence-electron chi connectivity index (χ4n) is 3.55. The number of aliphatic imine (C=N–C) groups is 1. The highest BCUT2D eigenvalue weighted by molar-refractivity contribution is 14.0. The molecule has 1 fully saturated rings.